The number of sulfonamides is 1. The third-order valence-corrected chi connectivity index (χ3v) is 5.29. The lowest BCUT2D eigenvalue weighted by atomic mass is 9.97. The van der Waals surface area contributed by atoms with Crippen molar-refractivity contribution >= 4 is 28.3 Å². The van der Waals surface area contributed by atoms with Crippen molar-refractivity contribution in [3.63, 3.8) is 0 Å². The molecule has 7 heteroatoms. The average Bonchev–Trinajstić information content (AvgIpc) is 2.73. The van der Waals surface area contributed by atoms with E-state index in [2.05, 4.69) is 9.71 Å². The molecule has 21 heavy (non-hydrogen) atoms. The van der Waals surface area contributed by atoms with Crippen molar-refractivity contribution < 1.29 is 8.42 Å². The standard InChI is InChI=1S/C14H19N3O2S.ClH/c1-17(10-11-6-8-15-9-7-11)14-12-4-2-3-5-13(12)20(18,19)16-14;/h2-5,11,15H,6-10H2,1H3;1H. The van der Waals surface area contributed by atoms with Gasteiger partial charge in [0.25, 0.3) is 10.0 Å². The maximum Gasteiger partial charge on any atom is 0.285 e. The highest BCUT2D eigenvalue weighted by atomic mass is 35.5. The minimum atomic E-state index is -3.51. The fraction of sp³-hybridized carbons (Fsp3) is 0.500. The molecule has 0 aliphatic carbocycles. The van der Waals surface area contributed by atoms with E-state index in [1.165, 1.54) is 0 Å². The highest BCUT2D eigenvalue weighted by Crippen LogP contribution is 2.27. The van der Waals surface area contributed by atoms with Gasteiger partial charge in [-0.2, -0.15) is 8.42 Å². The normalized spacial score (nSPS) is 20.3. The minimum Gasteiger partial charge on any atom is -0.358 e. The molecule has 1 saturated heterocycles. The second-order valence-electron chi connectivity index (χ2n) is 5.46. The largest absolute Gasteiger partial charge is 0.358 e. The van der Waals surface area contributed by atoms with Gasteiger partial charge in [0, 0.05) is 19.2 Å². The van der Waals surface area contributed by atoms with Crippen LogP contribution in [-0.2, 0) is 10.0 Å². The van der Waals surface area contributed by atoms with Crippen molar-refractivity contribution in [2.24, 2.45) is 10.3 Å². The minimum absolute atomic E-state index is 0. The van der Waals surface area contributed by atoms with Crippen LogP contribution in [0.2, 0.25) is 0 Å². The summed E-state index contributed by atoms with van der Waals surface area (Å²) in [7, 11) is -1.58. The van der Waals surface area contributed by atoms with Gasteiger partial charge in [0.05, 0.1) is 0 Å². The first-order chi connectivity index (χ1) is 9.58. The van der Waals surface area contributed by atoms with E-state index >= 15 is 0 Å². The Morgan fingerprint density at radius 3 is 2.67 bits per heavy atom. The van der Waals surface area contributed by atoms with Gasteiger partial charge < -0.3 is 10.2 Å². The van der Waals surface area contributed by atoms with Crippen molar-refractivity contribution in [1.82, 2.24) is 10.2 Å². The van der Waals surface area contributed by atoms with Gasteiger partial charge >= 0.3 is 0 Å². The highest BCUT2D eigenvalue weighted by molar-refractivity contribution is 7.90. The third kappa shape index (κ3) is 3.22. The second-order valence-corrected chi connectivity index (χ2v) is 7.03. The molecule has 1 aromatic rings. The number of nitrogens with zero attached hydrogens (tertiary/aromatic N) is 2. The van der Waals surface area contributed by atoms with Crippen LogP contribution < -0.4 is 5.32 Å². The number of benzene rings is 1. The molecule has 2 aliphatic rings. The number of piperidine rings is 1. The van der Waals surface area contributed by atoms with Gasteiger partial charge in [-0.25, -0.2) is 0 Å². The van der Waals surface area contributed by atoms with E-state index in [-0.39, 0.29) is 12.4 Å². The molecule has 5 nitrogen and oxygen atoms in total. The van der Waals surface area contributed by atoms with Crippen LogP contribution in [0.4, 0.5) is 0 Å². The number of amidine groups is 1. The summed E-state index contributed by atoms with van der Waals surface area (Å²) in [6.07, 6.45) is 2.26. The fourth-order valence-electron chi connectivity index (χ4n) is 2.90. The molecule has 0 aromatic heterocycles. The summed E-state index contributed by atoms with van der Waals surface area (Å²) in [5, 5.41) is 3.34. The summed E-state index contributed by atoms with van der Waals surface area (Å²) in [6, 6.07) is 7.05. The van der Waals surface area contributed by atoms with E-state index in [0.717, 1.165) is 38.0 Å². The van der Waals surface area contributed by atoms with E-state index in [4.69, 9.17) is 0 Å². The Morgan fingerprint density at radius 1 is 1.29 bits per heavy atom. The van der Waals surface area contributed by atoms with Gasteiger partial charge in [0.1, 0.15) is 4.90 Å². The average molecular weight is 330 g/mol. The molecule has 0 bridgehead atoms. The van der Waals surface area contributed by atoms with Gasteiger partial charge in [-0.3, -0.25) is 0 Å². The van der Waals surface area contributed by atoms with Crippen LogP contribution in [0.1, 0.15) is 18.4 Å². The Bertz CT molecular complexity index is 639. The topological polar surface area (TPSA) is 61.8 Å². The number of nitrogens with one attached hydrogen (secondary N) is 1. The molecule has 0 saturated carbocycles. The molecule has 1 N–H and O–H groups in total. The molecule has 1 fully saturated rings. The van der Waals surface area contributed by atoms with E-state index in [1.807, 2.05) is 24.1 Å². The van der Waals surface area contributed by atoms with Crippen molar-refractivity contribution in [3.8, 4) is 0 Å². The predicted octanol–water partition coefficient (Wildman–Crippen LogP) is 1.49. The van der Waals surface area contributed by atoms with Gasteiger partial charge in [0.15, 0.2) is 5.84 Å². The molecule has 116 valence electrons. The zero-order valence-corrected chi connectivity index (χ0v) is 13.6. The van der Waals surface area contributed by atoms with Gasteiger partial charge in [-0.1, -0.05) is 12.1 Å². The Hall–Kier alpha value is -1.11. The first-order valence-corrected chi connectivity index (χ1v) is 8.38. The van der Waals surface area contributed by atoms with E-state index in [1.54, 1.807) is 12.1 Å². The van der Waals surface area contributed by atoms with Crippen LogP contribution >= 0.6 is 12.4 Å². The molecule has 0 amide bonds. The third-order valence-electron chi connectivity index (χ3n) is 3.96. The maximum atomic E-state index is 12.0. The molecule has 0 radical (unpaired) electrons. The van der Waals surface area contributed by atoms with Crippen LogP contribution in [0.3, 0.4) is 0 Å². The molecule has 0 atom stereocenters. The summed E-state index contributed by atoms with van der Waals surface area (Å²) >= 11 is 0. The maximum absolute atomic E-state index is 12.0. The number of hydrogen-bond acceptors (Lipinski definition) is 4. The predicted molar refractivity (Wildman–Crippen MR) is 85.6 cm³/mol. The lowest BCUT2D eigenvalue weighted by Crippen LogP contribution is -2.37. The molecule has 0 unspecified atom stereocenters. The summed E-state index contributed by atoms with van der Waals surface area (Å²) in [5.41, 5.74) is 0.726. The first kappa shape index (κ1) is 16.3. The van der Waals surface area contributed by atoms with E-state index in [0.29, 0.717) is 16.6 Å². The first-order valence-electron chi connectivity index (χ1n) is 6.94. The quantitative estimate of drug-likeness (QED) is 0.893. The van der Waals surface area contributed by atoms with E-state index < -0.39 is 10.0 Å². The molecule has 2 heterocycles. The van der Waals surface area contributed by atoms with Gasteiger partial charge in [0.2, 0.25) is 0 Å². The Balaban J connectivity index is 0.00000161. The molecule has 2 aliphatic heterocycles. The molecule has 0 spiro atoms. The second kappa shape index (κ2) is 6.34. The summed E-state index contributed by atoms with van der Waals surface area (Å²) in [6.45, 7) is 2.93. The monoisotopic (exact) mass is 329 g/mol. The molecular formula is C14H20ClN3O2S. The van der Waals surface area contributed by atoms with E-state index in [9.17, 15) is 8.42 Å². The lowest BCUT2D eigenvalue weighted by molar-refractivity contribution is 0.308. The van der Waals surface area contributed by atoms with Crippen LogP contribution in [-0.4, -0.2) is 45.8 Å². The Morgan fingerprint density at radius 2 is 1.95 bits per heavy atom. The van der Waals surface area contributed by atoms with Crippen LogP contribution in [0.5, 0.6) is 0 Å². The van der Waals surface area contributed by atoms with Crippen LogP contribution in [0, 0.1) is 5.92 Å². The lowest BCUT2D eigenvalue weighted by Gasteiger charge is -2.28. The Kier molecular flexibility index (Phi) is 4.91. The smallest absolute Gasteiger partial charge is 0.285 e. The zero-order chi connectivity index (χ0) is 14.2. The molecular weight excluding hydrogens is 310 g/mol. The molecule has 1 aromatic carbocycles. The summed E-state index contributed by atoms with van der Waals surface area (Å²) in [5.74, 6) is 1.18. The van der Waals surface area contributed by atoms with Crippen molar-refractivity contribution in [1.29, 1.82) is 0 Å². The van der Waals surface area contributed by atoms with Crippen LogP contribution in [0.15, 0.2) is 33.6 Å². The number of rotatable bonds is 2. The fourth-order valence-corrected chi connectivity index (χ4v) is 4.15. The van der Waals surface area contributed by atoms with Crippen LogP contribution in [0.25, 0.3) is 0 Å². The summed E-state index contributed by atoms with van der Waals surface area (Å²) in [4.78, 5) is 2.31. The SMILES string of the molecule is CN(CC1CCNCC1)C1=NS(=O)(=O)c2ccccc21.Cl. The van der Waals surface area contributed by atoms with Crippen molar-refractivity contribution in [2.45, 2.75) is 17.7 Å². The van der Waals surface area contributed by atoms with Crippen molar-refractivity contribution in [2.75, 3.05) is 26.7 Å². The van der Waals surface area contributed by atoms with Crippen molar-refractivity contribution in [3.05, 3.63) is 29.8 Å². The highest BCUT2D eigenvalue weighted by Gasteiger charge is 2.31. The number of fused-ring (bicyclic) bond motifs is 1. The number of hydrogen-bond donors (Lipinski definition) is 1. The summed E-state index contributed by atoms with van der Waals surface area (Å²) < 4.78 is 28.0. The molecule has 3 rings (SSSR count). The number of halogens is 1. The zero-order valence-electron chi connectivity index (χ0n) is 11.9. The van der Waals surface area contributed by atoms with Gasteiger partial charge in [-0.15, -0.1) is 16.8 Å². The Labute approximate surface area is 131 Å². The van der Waals surface area contributed by atoms with Gasteiger partial charge in [-0.05, 0) is 44.0 Å².